The number of carbonyl (C=O) groups excluding carboxylic acids is 1. The van der Waals surface area contributed by atoms with E-state index in [1.807, 2.05) is 0 Å². The molecule has 1 aliphatic heterocycles. The third-order valence-corrected chi connectivity index (χ3v) is 4.43. The number of nitrogens with one attached hydrogen (secondary N) is 2. The monoisotopic (exact) mass is 309 g/mol. The second kappa shape index (κ2) is 6.62. The number of carbonyl (C=O) groups is 1. The maximum absolute atomic E-state index is 12.0. The number of sulfonamides is 1. The Bertz CT molecular complexity index is 644. The smallest absolute Gasteiger partial charge is 0.242 e. The van der Waals surface area contributed by atoms with Gasteiger partial charge in [0.25, 0.3) is 0 Å². The molecular formula is C12H15N5O3S. The summed E-state index contributed by atoms with van der Waals surface area (Å²) in [5, 5.41) is 11.7. The molecule has 9 heteroatoms. The molecule has 0 bridgehead atoms. The first-order chi connectivity index (χ1) is 10.0. The van der Waals surface area contributed by atoms with Crippen molar-refractivity contribution in [3.63, 3.8) is 0 Å². The third kappa shape index (κ3) is 3.98. The van der Waals surface area contributed by atoms with Gasteiger partial charge >= 0.3 is 0 Å². The Morgan fingerprint density at radius 2 is 2.14 bits per heavy atom. The molecule has 2 rings (SSSR count). The molecule has 0 saturated carbocycles. The molecule has 21 heavy (non-hydrogen) atoms. The van der Waals surface area contributed by atoms with E-state index >= 15 is 0 Å². The second-order valence-corrected chi connectivity index (χ2v) is 6.21. The molecule has 0 aliphatic carbocycles. The Hall–Kier alpha value is -2.02. The summed E-state index contributed by atoms with van der Waals surface area (Å²) < 4.78 is 26.3. The minimum atomic E-state index is -3.80. The minimum Gasteiger partial charge on any atom is -0.339 e. The fourth-order valence-electron chi connectivity index (χ4n) is 1.87. The predicted molar refractivity (Wildman–Crippen MR) is 73.6 cm³/mol. The zero-order valence-electron chi connectivity index (χ0n) is 11.2. The average Bonchev–Trinajstić information content (AvgIpc) is 2.53. The van der Waals surface area contributed by atoms with Crippen LogP contribution in [0.3, 0.4) is 0 Å². The van der Waals surface area contributed by atoms with Crippen LogP contribution in [0.5, 0.6) is 0 Å². The molecule has 0 aromatic carbocycles. The van der Waals surface area contributed by atoms with Gasteiger partial charge in [-0.05, 0) is 12.1 Å². The summed E-state index contributed by atoms with van der Waals surface area (Å²) in [6.07, 6.45) is 1.09. The number of nitriles is 1. The van der Waals surface area contributed by atoms with Crippen molar-refractivity contribution in [2.24, 2.45) is 0 Å². The minimum absolute atomic E-state index is 0.0744. The number of piperazine rings is 1. The van der Waals surface area contributed by atoms with Crippen LogP contribution in [0.4, 0.5) is 0 Å². The third-order valence-electron chi connectivity index (χ3n) is 3.04. The highest BCUT2D eigenvalue weighted by Gasteiger charge is 2.20. The van der Waals surface area contributed by atoms with E-state index in [1.54, 1.807) is 11.0 Å². The van der Waals surface area contributed by atoms with Crippen LogP contribution in [-0.4, -0.2) is 56.9 Å². The lowest BCUT2D eigenvalue weighted by Gasteiger charge is -2.27. The van der Waals surface area contributed by atoms with Crippen LogP contribution in [0.1, 0.15) is 5.69 Å². The van der Waals surface area contributed by atoms with Crippen LogP contribution in [0.15, 0.2) is 23.2 Å². The summed E-state index contributed by atoms with van der Waals surface area (Å²) in [6.45, 7) is 2.26. The van der Waals surface area contributed by atoms with Crippen molar-refractivity contribution in [2.75, 3.05) is 32.7 Å². The van der Waals surface area contributed by atoms with Gasteiger partial charge in [-0.1, -0.05) is 0 Å². The molecule has 0 radical (unpaired) electrons. The quantitative estimate of drug-likeness (QED) is 0.711. The molecule has 2 heterocycles. The van der Waals surface area contributed by atoms with Crippen LogP contribution < -0.4 is 10.0 Å². The van der Waals surface area contributed by atoms with Gasteiger partial charge in [-0.15, -0.1) is 0 Å². The fourth-order valence-corrected chi connectivity index (χ4v) is 2.79. The Morgan fingerprint density at radius 3 is 2.71 bits per heavy atom. The second-order valence-electron chi connectivity index (χ2n) is 4.45. The van der Waals surface area contributed by atoms with E-state index in [2.05, 4.69) is 15.0 Å². The van der Waals surface area contributed by atoms with E-state index in [0.717, 1.165) is 6.20 Å². The lowest BCUT2D eigenvalue weighted by atomic mass is 10.3. The van der Waals surface area contributed by atoms with Crippen molar-refractivity contribution >= 4 is 15.9 Å². The fraction of sp³-hybridized carbons (Fsp3) is 0.417. The number of aromatic nitrogens is 1. The van der Waals surface area contributed by atoms with E-state index in [-0.39, 0.29) is 23.0 Å². The SMILES string of the molecule is N#Cc1ccc(S(=O)(=O)NCC(=O)N2CCNCC2)cn1. The molecule has 1 saturated heterocycles. The van der Waals surface area contributed by atoms with E-state index in [0.29, 0.717) is 26.2 Å². The van der Waals surface area contributed by atoms with Crippen LogP contribution in [0, 0.1) is 11.3 Å². The number of pyridine rings is 1. The van der Waals surface area contributed by atoms with Gasteiger partial charge in [0.15, 0.2) is 0 Å². The maximum Gasteiger partial charge on any atom is 0.242 e. The zero-order chi connectivity index (χ0) is 15.3. The molecule has 8 nitrogen and oxygen atoms in total. The largest absolute Gasteiger partial charge is 0.339 e. The molecule has 1 aliphatic rings. The van der Waals surface area contributed by atoms with Crippen molar-refractivity contribution in [3.8, 4) is 6.07 Å². The van der Waals surface area contributed by atoms with E-state index in [9.17, 15) is 13.2 Å². The van der Waals surface area contributed by atoms with Gasteiger partial charge in [-0.25, -0.2) is 18.1 Å². The number of nitrogens with zero attached hydrogens (tertiary/aromatic N) is 3. The summed E-state index contributed by atoms with van der Waals surface area (Å²) in [7, 11) is -3.80. The number of hydrogen-bond acceptors (Lipinski definition) is 6. The summed E-state index contributed by atoms with van der Waals surface area (Å²) in [5.41, 5.74) is 0.130. The molecule has 1 fully saturated rings. The Morgan fingerprint density at radius 1 is 1.43 bits per heavy atom. The maximum atomic E-state index is 12.0. The van der Waals surface area contributed by atoms with Gasteiger partial charge in [0, 0.05) is 32.4 Å². The van der Waals surface area contributed by atoms with Crippen LogP contribution in [-0.2, 0) is 14.8 Å². The molecule has 0 unspecified atom stereocenters. The van der Waals surface area contributed by atoms with Gasteiger partial charge in [0.2, 0.25) is 15.9 Å². The van der Waals surface area contributed by atoms with Crippen molar-refractivity contribution in [2.45, 2.75) is 4.90 Å². The highest BCUT2D eigenvalue weighted by Crippen LogP contribution is 2.07. The van der Waals surface area contributed by atoms with Crippen LogP contribution in [0.25, 0.3) is 0 Å². The molecule has 1 aromatic rings. The van der Waals surface area contributed by atoms with Gasteiger partial charge in [0.05, 0.1) is 6.54 Å². The summed E-state index contributed by atoms with van der Waals surface area (Å²) in [5.74, 6) is -0.262. The molecule has 112 valence electrons. The molecule has 0 atom stereocenters. The molecule has 0 spiro atoms. The van der Waals surface area contributed by atoms with Crippen LogP contribution >= 0.6 is 0 Å². The molecule has 1 amide bonds. The standard InChI is InChI=1S/C12H15N5O3S/c13-7-10-1-2-11(8-15-10)21(19,20)16-9-12(18)17-5-3-14-4-6-17/h1-2,8,14,16H,3-6,9H2. The number of hydrogen-bond donors (Lipinski definition) is 2. The molecular weight excluding hydrogens is 294 g/mol. The first-order valence-corrected chi connectivity index (χ1v) is 7.85. The summed E-state index contributed by atoms with van der Waals surface area (Å²) in [4.78, 5) is 17.1. The summed E-state index contributed by atoms with van der Waals surface area (Å²) in [6, 6.07) is 4.40. The number of rotatable bonds is 4. The van der Waals surface area contributed by atoms with E-state index in [1.165, 1.54) is 12.1 Å². The van der Waals surface area contributed by atoms with Gasteiger partial charge in [-0.3, -0.25) is 4.79 Å². The Balaban J connectivity index is 1.97. The van der Waals surface area contributed by atoms with Crippen molar-refractivity contribution < 1.29 is 13.2 Å². The highest BCUT2D eigenvalue weighted by atomic mass is 32.2. The summed E-state index contributed by atoms with van der Waals surface area (Å²) >= 11 is 0. The predicted octanol–water partition coefficient (Wildman–Crippen LogP) is -1.34. The molecule has 2 N–H and O–H groups in total. The Labute approximate surface area is 122 Å². The average molecular weight is 309 g/mol. The molecule has 1 aromatic heterocycles. The normalized spacial score (nSPS) is 15.5. The lowest BCUT2D eigenvalue weighted by Crippen LogP contribution is -2.49. The first-order valence-electron chi connectivity index (χ1n) is 6.37. The number of amides is 1. The van der Waals surface area contributed by atoms with Crippen LogP contribution in [0.2, 0.25) is 0 Å². The van der Waals surface area contributed by atoms with E-state index in [4.69, 9.17) is 5.26 Å². The van der Waals surface area contributed by atoms with Gasteiger partial charge in [0.1, 0.15) is 16.7 Å². The van der Waals surface area contributed by atoms with Crippen molar-refractivity contribution in [1.82, 2.24) is 19.9 Å². The van der Waals surface area contributed by atoms with E-state index < -0.39 is 10.0 Å². The van der Waals surface area contributed by atoms with Gasteiger partial charge < -0.3 is 10.2 Å². The Kier molecular flexibility index (Phi) is 4.85. The lowest BCUT2D eigenvalue weighted by molar-refractivity contribution is -0.130. The van der Waals surface area contributed by atoms with Gasteiger partial charge in [-0.2, -0.15) is 5.26 Å². The zero-order valence-corrected chi connectivity index (χ0v) is 12.1. The van der Waals surface area contributed by atoms with Crippen molar-refractivity contribution in [3.05, 3.63) is 24.0 Å². The topological polar surface area (TPSA) is 115 Å². The highest BCUT2D eigenvalue weighted by molar-refractivity contribution is 7.89. The first kappa shape index (κ1) is 15.4. The van der Waals surface area contributed by atoms with Crippen molar-refractivity contribution in [1.29, 1.82) is 5.26 Å².